The first-order valence-electron chi connectivity index (χ1n) is 7.82. The van der Waals surface area contributed by atoms with Crippen LogP contribution in [0.3, 0.4) is 0 Å². The number of alkyl halides is 3. The molecule has 0 unspecified atom stereocenters. The van der Waals surface area contributed by atoms with E-state index in [0.717, 1.165) is 0 Å². The van der Waals surface area contributed by atoms with Crippen LogP contribution in [0.2, 0.25) is 5.15 Å². The first kappa shape index (κ1) is 18.7. The zero-order chi connectivity index (χ0) is 19.1. The summed E-state index contributed by atoms with van der Waals surface area (Å²) in [6, 6.07) is 0. The van der Waals surface area contributed by atoms with E-state index in [1.54, 1.807) is 0 Å². The molecule has 1 aliphatic heterocycles. The molecule has 7 nitrogen and oxygen atoms in total. The van der Waals surface area contributed by atoms with E-state index in [0.29, 0.717) is 19.8 Å². The van der Waals surface area contributed by atoms with E-state index >= 15 is 0 Å². The van der Waals surface area contributed by atoms with Crippen LogP contribution in [0, 0.1) is 5.41 Å². The number of hydrogen-bond acceptors (Lipinski definition) is 6. The highest BCUT2D eigenvalue weighted by molar-refractivity contribution is 6.32. The Bertz CT molecular complexity index is 818. The van der Waals surface area contributed by atoms with Gasteiger partial charge in [0.15, 0.2) is 0 Å². The highest BCUT2D eigenvalue weighted by Gasteiger charge is 2.36. The molecule has 0 radical (unpaired) electrons. The molecule has 2 aromatic rings. The second kappa shape index (κ2) is 6.58. The smallest absolute Gasteiger partial charge is 0.380 e. The molecule has 2 aromatic heterocycles. The van der Waals surface area contributed by atoms with Crippen molar-refractivity contribution < 1.29 is 17.9 Å². The lowest BCUT2D eigenvalue weighted by Crippen LogP contribution is -2.43. The Morgan fingerprint density at radius 3 is 2.62 bits per heavy atom. The van der Waals surface area contributed by atoms with Crippen LogP contribution in [-0.4, -0.2) is 46.2 Å². The van der Waals surface area contributed by atoms with Gasteiger partial charge in [-0.25, -0.2) is 4.98 Å². The van der Waals surface area contributed by atoms with Crippen LogP contribution >= 0.6 is 11.6 Å². The minimum atomic E-state index is -4.45. The summed E-state index contributed by atoms with van der Waals surface area (Å²) in [6.07, 6.45) is -4.27. The van der Waals surface area contributed by atoms with Crippen LogP contribution < -0.4 is 11.1 Å². The molecular formula is C15H18ClF3N6O. The van der Waals surface area contributed by atoms with E-state index in [2.05, 4.69) is 20.4 Å². The lowest BCUT2D eigenvalue weighted by molar-refractivity contribution is -0.127. The van der Waals surface area contributed by atoms with E-state index in [-0.39, 0.29) is 39.2 Å². The molecule has 0 saturated carbocycles. The summed E-state index contributed by atoms with van der Waals surface area (Å²) < 4.78 is 45.9. The van der Waals surface area contributed by atoms with Crippen molar-refractivity contribution in [2.24, 2.45) is 5.41 Å². The highest BCUT2D eigenvalue weighted by atomic mass is 35.5. The highest BCUT2D eigenvalue weighted by Crippen LogP contribution is 2.37. The monoisotopic (exact) mass is 390 g/mol. The van der Waals surface area contributed by atoms with Gasteiger partial charge in [-0.05, 0) is 0 Å². The third-order valence-corrected chi connectivity index (χ3v) is 4.50. The quantitative estimate of drug-likeness (QED) is 0.815. The van der Waals surface area contributed by atoms with Gasteiger partial charge >= 0.3 is 6.18 Å². The summed E-state index contributed by atoms with van der Waals surface area (Å²) in [5.74, 6) is -0.147. The lowest BCUT2D eigenvalue weighted by atomic mass is 9.89. The van der Waals surface area contributed by atoms with Gasteiger partial charge in [0.1, 0.15) is 11.0 Å². The van der Waals surface area contributed by atoms with Crippen molar-refractivity contribution in [3.8, 4) is 11.3 Å². The van der Waals surface area contributed by atoms with Crippen molar-refractivity contribution in [1.29, 1.82) is 0 Å². The Labute approximate surface area is 152 Å². The molecule has 0 aliphatic carbocycles. The average molecular weight is 391 g/mol. The summed E-state index contributed by atoms with van der Waals surface area (Å²) in [5, 5.41) is 7.04. The van der Waals surface area contributed by atoms with Crippen LogP contribution in [-0.2, 0) is 17.7 Å². The molecule has 0 aromatic carbocycles. The Balaban J connectivity index is 2.05. The van der Waals surface area contributed by atoms with Gasteiger partial charge in [-0.15, -0.1) is 0 Å². The lowest BCUT2D eigenvalue weighted by Gasteiger charge is -2.37. The third-order valence-electron chi connectivity index (χ3n) is 4.10. The number of anilines is 2. The molecule has 3 N–H and O–H groups in total. The third kappa shape index (κ3) is 3.70. The zero-order valence-corrected chi connectivity index (χ0v) is 14.9. The molecule has 3 heterocycles. The predicted molar refractivity (Wildman–Crippen MR) is 90.9 cm³/mol. The first-order chi connectivity index (χ1) is 12.1. The topological polar surface area (TPSA) is 90.9 Å². The van der Waals surface area contributed by atoms with Gasteiger partial charge in [-0.2, -0.15) is 23.3 Å². The molecule has 1 saturated heterocycles. The fourth-order valence-corrected chi connectivity index (χ4v) is 3.08. The maximum Gasteiger partial charge on any atom is 0.393 e. The molecule has 0 spiro atoms. The number of ether oxygens (including phenoxy) is 1. The summed E-state index contributed by atoms with van der Waals surface area (Å²) in [6.45, 7) is 3.65. The van der Waals surface area contributed by atoms with Gasteiger partial charge in [0, 0.05) is 18.0 Å². The number of nitrogens with one attached hydrogen (secondary N) is 1. The Hall–Kier alpha value is -2.07. The fraction of sp³-hybridized carbons (Fsp3) is 0.533. The van der Waals surface area contributed by atoms with Gasteiger partial charge in [0.05, 0.1) is 43.6 Å². The van der Waals surface area contributed by atoms with Crippen molar-refractivity contribution in [3.63, 3.8) is 0 Å². The van der Waals surface area contributed by atoms with E-state index in [9.17, 15) is 13.2 Å². The maximum absolute atomic E-state index is 13.1. The van der Waals surface area contributed by atoms with Gasteiger partial charge in [0.25, 0.3) is 0 Å². The standard InChI is InChI=1S/C15H18ClF3N6O/c1-14(6-26-7-14)5-25-11(16)9(4-22-25)10-8(3-15(17,18)19)12(21-2)24-13(20)23-10/h4H,3,5-7H2,1-2H3,(H3,20,21,23,24). The normalized spacial score (nSPS) is 16.4. The first-order valence-corrected chi connectivity index (χ1v) is 8.20. The van der Waals surface area contributed by atoms with Gasteiger partial charge in [0.2, 0.25) is 5.95 Å². The number of nitrogen functional groups attached to an aromatic ring is 1. The number of nitrogens with two attached hydrogens (primary N) is 1. The van der Waals surface area contributed by atoms with Crippen LogP contribution in [0.25, 0.3) is 11.3 Å². The second-order valence-electron chi connectivity index (χ2n) is 6.61. The largest absolute Gasteiger partial charge is 0.393 e. The number of nitrogens with zero attached hydrogens (tertiary/aromatic N) is 4. The summed E-state index contributed by atoms with van der Waals surface area (Å²) >= 11 is 6.39. The molecule has 0 atom stereocenters. The molecule has 0 amide bonds. The minimum absolute atomic E-state index is 0.00740. The van der Waals surface area contributed by atoms with Crippen LogP contribution in [0.5, 0.6) is 0 Å². The van der Waals surface area contributed by atoms with Crippen molar-refractivity contribution in [3.05, 3.63) is 16.9 Å². The number of hydrogen-bond donors (Lipinski definition) is 2. The van der Waals surface area contributed by atoms with Crippen LogP contribution in [0.4, 0.5) is 24.9 Å². The Morgan fingerprint density at radius 1 is 1.38 bits per heavy atom. The maximum atomic E-state index is 13.1. The molecule has 1 fully saturated rings. The molecular weight excluding hydrogens is 373 g/mol. The second-order valence-corrected chi connectivity index (χ2v) is 6.97. The molecule has 11 heteroatoms. The number of halogens is 4. The molecule has 142 valence electrons. The van der Waals surface area contributed by atoms with Gasteiger partial charge in [-0.1, -0.05) is 18.5 Å². The van der Waals surface area contributed by atoms with Gasteiger partial charge < -0.3 is 15.8 Å². The predicted octanol–water partition coefficient (Wildman–Crippen LogP) is 2.76. The molecule has 0 bridgehead atoms. The summed E-state index contributed by atoms with van der Waals surface area (Å²) in [4.78, 5) is 7.85. The minimum Gasteiger partial charge on any atom is -0.380 e. The average Bonchev–Trinajstić information content (AvgIpc) is 2.86. The molecule has 26 heavy (non-hydrogen) atoms. The fourth-order valence-electron chi connectivity index (χ4n) is 2.84. The summed E-state index contributed by atoms with van der Waals surface area (Å²) in [5.41, 5.74) is 5.72. The van der Waals surface area contributed by atoms with Crippen molar-refractivity contribution in [2.45, 2.75) is 26.1 Å². The van der Waals surface area contributed by atoms with Crippen LogP contribution in [0.1, 0.15) is 12.5 Å². The number of aromatic nitrogens is 4. The van der Waals surface area contributed by atoms with Crippen LogP contribution in [0.15, 0.2) is 6.20 Å². The van der Waals surface area contributed by atoms with E-state index in [4.69, 9.17) is 22.1 Å². The van der Waals surface area contributed by atoms with E-state index in [1.165, 1.54) is 17.9 Å². The molecule has 3 rings (SSSR count). The van der Waals surface area contributed by atoms with E-state index < -0.39 is 12.6 Å². The van der Waals surface area contributed by atoms with Crippen molar-refractivity contribution in [2.75, 3.05) is 31.3 Å². The summed E-state index contributed by atoms with van der Waals surface area (Å²) in [7, 11) is 1.47. The Morgan fingerprint density at radius 2 is 2.08 bits per heavy atom. The number of rotatable bonds is 5. The van der Waals surface area contributed by atoms with Crippen molar-refractivity contribution in [1.82, 2.24) is 19.7 Å². The van der Waals surface area contributed by atoms with Crippen molar-refractivity contribution >= 4 is 23.4 Å². The van der Waals surface area contributed by atoms with Gasteiger partial charge in [-0.3, -0.25) is 4.68 Å². The molecule has 1 aliphatic rings. The van der Waals surface area contributed by atoms with E-state index in [1.807, 2.05) is 6.92 Å². The zero-order valence-electron chi connectivity index (χ0n) is 14.2. The SMILES string of the molecule is CNc1nc(N)nc(-c2cnn(CC3(C)COC3)c2Cl)c1CC(F)(F)F. The Kier molecular flexibility index (Phi) is 4.74.